The third kappa shape index (κ3) is 3.82. The van der Waals surface area contributed by atoms with Crippen LogP contribution in [0.1, 0.15) is 32.7 Å². The highest BCUT2D eigenvalue weighted by molar-refractivity contribution is 7.13. The van der Waals surface area contributed by atoms with E-state index < -0.39 is 23.5 Å². The van der Waals surface area contributed by atoms with E-state index in [1.54, 1.807) is 0 Å². The fraction of sp³-hybridized carbons (Fsp3) is 0.286. The van der Waals surface area contributed by atoms with E-state index in [0.29, 0.717) is 17.4 Å². The van der Waals surface area contributed by atoms with Crippen LogP contribution in [0.2, 0.25) is 0 Å². The number of benzene rings is 1. The van der Waals surface area contributed by atoms with Gasteiger partial charge in [0.1, 0.15) is 10.7 Å². The van der Waals surface area contributed by atoms with Crippen LogP contribution < -0.4 is 5.32 Å². The smallest absolute Gasteiger partial charge is 0.347 e. The van der Waals surface area contributed by atoms with E-state index in [1.807, 2.05) is 6.92 Å². The molecule has 0 aliphatic rings. The summed E-state index contributed by atoms with van der Waals surface area (Å²) in [6.45, 7) is 1.54. The van der Waals surface area contributed by atoms with Gasteiger partial charge in [-0.1, -0.05) is 13.0 Å². The summed E-state index contributed by atoms with van der Waals surface area (Å²) in [4.78, 5) is 16.2. The molecule has 2 rings (SSSR count). The number of aromatic nitrogens is 1. The van der Waals surface area contributed by atoms with Gasteiger partial charge < -0.3 is 5.32 Å². The van der Waals surface area contributed by atoms with Gasteiger partial charge in [-0.2, -0.15) is 13.2 Å². The maximum atomic E-state index is 13.0. The maximum Gasteiger partial charge on any atom is 0.416 e. The molecule has 2 aromatic rings. The van der Waals surface area contributed by atoms with Crippen molar-refractivity contribution in [3.05, 3.63) is 51.2 Å². The molecule has 1 heterocycles. The molecule has 1 aromatic heterocycles. The molecular weight excluding hydrogens is 320 g/mol. The molecule has 0 unspecified atom stereocenters. The van der Waals surface area contributed by atoms with Gasteiger partial charge in [0.25, 0.3) is 5.91 Å². The Kier molecular flexibility index (Phi) is 4.80. The molecular formula is C14H12F4N2OS. The average Bonchev–Trinajstić information content (AvgIpc) is 2.93. The number of hydrogen-bond acceptors (Lipinski definition) is 3. The summed E-state index contributed by atoms with van der Waals surface area (Å²) in [7, 11) is 0. The van der Waals surface area contributed by atoms with Gasteiger partial charge >= 0.3 is 6.18 Å². The fourth-order valence-corrected chi connectivity index (χ4v) is 2.58. The first-order valence-corrected chi connectivity index (χ1v) is 7.21. The predicted molar refractivity (Wildman–Crippen MR) is 74.1 cm³/mol. The van der Waals surface area contributed by atoms with E-state index >= 15 is 0 Å². The van der Waals surface area contributed by atoms with E-state index in [4.69, 9.17) is 0 Å². The van der Waals surface area contributed by atoms with Crippen LogP contribution in [0.3, 0.4) is 0 Å². The monoisotopic (exact) mass is 332 g/mol. The molecule has 0 atom stereocenters. The second kappa shape index (κ2) is 6.43. The Hall–Kier alpha value is -1.96. The number of alkyl halides is 3. The summed E-state index contributed by atoms with van der Waals surface area (Å²) in [6.07, 6.45) is -2.62. The Morgan fingerprint density at radius 2 is 2.09 bits per heavy atom. The summed E-state index contributed by atoms with van der Waals surface area (Å²) in [5.41, 5.74) is -1.28. The van der Waals surface area contributed by atoms with Gasteiger partial charge in [0, 0.05) is 6.54 Å². The van der Waals surface area contributed by atoms with Gasteiger partial charge in [-0.25, -0.2) is 9.37 Å². The Balaban J connectivity index is 2.13. The number of halogens is 4. The summed E-state index contributed by atoms with van der Waals surface area (Å²) in [5, 5.41) is 3.16. The molecule has 0 fully saturated rings. The number of carbonyl (C=O) groups excluding carboxylic acids is 1. The standard InChI is InChI=1S/C14H12F4N2OS/c1-2-12-19-7-11(22-12)13(21)20-6-8-3-4-9(15)5-10(8)14(16,17)18/h3-5,7H,2,6H2,1H3,(H,20,21). The molecule has 0 spiro atoms. The summed E-state index contributed by atoms with van der Waals surface area (Å²) in [6, 6.07) is 2.37. The largest absolute Gasteiger partial charge is 0.416 e. The average molecular weight is 332 g/mol. The van der Waals surface area contributed by atoms with Crippen LogP contribution in [-0.2, 0) is 19.1 Å². The molecule has 1 aromatic carbocycles. The third-order valence-corrected chi connectivity index (χ3v) is 4.04. The van der Waals surface area contributed by atoms with Crippen molar-refractivity contribution in [3.8, 4) is 0 Å². The highest BCUT2D eigenvalue weighted by atomic mass is 32.1. The van der Waals surface area contributed by atoms with E-state index in [9.17, 15) is 22.4 Å². The molecule has 1 N–H and O–H groups in total. The Morgan fingerprint density at radius 3 is 2.68 bits per heavy atom. The molecule has 0 radical (unpaired) electrons. The fourth-order valence-electron chi connectivity index (χ4n) is 1.81. The van der Waals surface area contributed by atoms with E-state index in [1.165, 1.54) is 17.5 Å². The van der Waals surface area contributed by atoms with Gasteiger partial charge in [0.2, 0.25) is 0 Å². The molecule has 22 heavy (non-hydrogen) atoms. The molecule has 1 amide bonds. The van der Waals surface area contributed by atoms with Crippen molar-refractivity contribution < 1.29 is 22.4 Å². The first kappa shape index (κ1) is 16.4. The van der Waals surface area contributed by atoms with Crippen LogP contribution >= 0.6 is 11.3 Å². The molecule has 8 heteroatoms. The van der Waals surface area contributed by atoms with Gasteiger partial charge in [-0.05, 0) is 24.1 Å². The minimum atomic E-state index is -4.68. The maximum absolute atomic E-state index is 13.0. The Morgan fingerprint density at radius 1 is 1.36 bits per heavy atom. The van der Waals surface area contributed by atoms with Crippen molar-refractivity contribution in [1.82, 2.24) is 10.3 Å². The number of thiazole rings is 1. The topological polar surface area (TPSA) is 42.0 Å². The van der Waals surface area contributed by atoms with Crippen molar-refractivity contribution >= 4 is 17.2 Å². The van der Waals surface area contributed by atoms with Gasteiger partial charge in [-0.15, -0.1) is 11.3 Å². The minimum Gasteiger partial charge on any atom is -0.347 e. The van der Waals surface area contributed by atoms with Crippen molar-refractivity contribution in [2.45, 2.75) is 26.1 Å². The molecule has 3 nitrogen and oxygen atoms in total. The van der Waals surface area contributed by atoms with Crippen molar-refractivity contribution in [3.63, 3.8) is 0 Å². The highest BCUT2D eigenvalue weighted by Gasteiger charge is 2.33. The quantitative estimate of drug-likeness (QED) is 0.866. The molecule has 0 bridgehead atoms. The van der Waals surface area contributed by atoms with Crippen LogP contribution in [0.5, 0.6) is 0 Å². The Labute approximate surface area is 128 Å². The first-order chi connectivity index (χ1) is 10.3. The number of carbonyl (C=O) groups is 1. The number of nitrogens with one attached hydrogen (secondary N) is 1. The summed E-state index contributed by atoms with van der Waals surface area (Å²) < 4.78 is 51.5. The zero-order valence-corrected chi connectivity index (χ0v) is 12.3. The normalized spacial score (nSPS) is 11.5. The second-order valence-corrected chi connectivity index (χ2v) is 5.57. The lowest BCUT2D eigenvalue weighted by molar-refractivity contribution is -0.138. The number of amides is 1. The van der Waals surface area contributed by atoms with Crippen molar-refractivity contribution in [2.24, 2.45) is 0 Å². The lowest BCUT2D eigenvalue weighted by Crippen LogP contribution is -2.24. The zero-order valence-electron chi connectivity index (χ0n) is 11.5. The number of hydrogen-bond donors (Lipinski definition) is 1. The lowest BCUT2D eigenvalue weighted by Gasteiger charge is -2.13. The van der Waals surface area contributed by atoms with E-state index in [-0.39, 0.29) is 12.1 Å². The van der Waals surface area contributed by atoms with Gasteiger partial charge in [0.05, 0.1) is 16.8 Å². The predicted octanol–water partition coefficient (Wildman–Crippen LogP) is 3.79. The molecule has 0 saturated carbocycles. The van der Waals surface area contributed by atoms with Gasteiger partial charge in [-0.3, -0.25) is 4.79 Å². The third-order valence-electron chi connectivity index (χ3n) is 2.90. The SMILES string of the molecule is CCc1ncc(C(=O)NCc2ccc(F)cc2C(F)(F)F)s1. The van der Waals surface area contributed by atoms with E-state index in [2.05, 4.69) is 10.3 Å². The van der Waals surface area contributed by atoms with Crippen LogP contribution in [0.25, 0.3) is 0 Å². The molecule has 0 aliphatic carbocycles. The number of nitrogens with zero attached hydrogens (tertiary/aromatic N) is 1. The number of aryl methyl sites for hydroxylation is 1. The van der Waals surface area contributed by atoms with E-state index in [0.717, 1.165) is 17.1 Å². The van der Waals surface area contributed by atoms with Crippen LogP contribution in [0.4, 0.5) is 17.6 Å². The van der Waals surface area contributed by atoms with Crippen molar-refractivity contribution in [1.29, 1.82) is 0 Å². The van der Waals surface area contributed by atoms with Gasteiger partial charge in [0.15, 0.2) is 0 Å². The lowest BCUT2D eigenvalue weighted by atomic mass is 10.1. The second-order valence-electron chi connectivity index (χ2n) is 4.45. The number of rotatable bonds is 4. The Bertz CT molecular complexity index is 682. The first-order valence-electron chi connectivity index (χ1n) is 6.39. The van der Waals surface area contributed by atoms with Crippen LogP contribution in [0, 0.1) is 5.82 Å². The molecule has 0 aliphatic heterocycles. The van der Waals surface area contributed by atoms with Crippen LogP contribution in [-0.4, -0.2) is 10.9 Å². The summed E-state index contributed by atoms with van der Waals surface area (Å²) >= 11 is 1.18. The summed E-state index contributed by atoms with van der Waals surface area (Å²) in [5.74, 6) is -1.48. The zero-order chi connectivity index (χ0) is 16.3. The molecule has 0 saturated heterocycles. The highest BCUT2D eigenvalue weighted by Crippen LogP contribution is 2.32. The minimum absolute atomic E-state index is 0.192. The van der Waals surface area contributed by atoms with Crippen LogP contribution in [0.15, 0.2) is 24.4 Å². The molecule has 118 valence electrons. The van der Waals surface area contributed by atoms with Crippen molar-refractivity contribution in [2.75, 3.05) is 0 Å².